The van der Waals surface area contributed by atoms with E-state index in [4.69, 9.17) is 22.7 Å². The Morgan fingerprint density at radius 2 is 2.25 bits per heavy atom. The van der Waals surface area contributed by atoms with Crippen molar-refractivity contribution in [3.05, 3.63) is 29.6 Å². The third-order valence-electron chi connectivity index (χ3n) is 2.38. The van der Waals surface area contributed by atoms with Crippen molar-refractivity contribution in [2.45, 2.75) is 13.8 Å². The highest BCUT2D eigenvalue weighted by atomic mass is 32.1. The maximum atomic E-state index is 11.6. The molecule has 2 rings (SSSR count). The summed E-state index contributed by atoms with van der Waals surface area (Å²) >= 11 is 4.77. The van der Waals surface area contributed by atoms with Gasteiger partial charge in [-0.3, -0.25) is 0 Å². The molecule has 0 spiro atoms. The third kappa shape index (κ3) is 2.77. The number of thiocarbonyl (C=S) groups is 1. The maximum absolute atomic E-state index is 11.6. The summed E-state index contributed by atoms with van der Waals surface area (Å²) in [7, 11) is 0. The van der Waals surface area contributed by atoms with Crippen LogP contribution < -0.4 is 5.73 Å². The van der Waals surface area contributed by atoms with E-state index in [0.717, 1.165) is 0 Å². The van der Waals surface area contributed by atoms with Gasteiger partial charge in [-0.25, -0.2) is 19.7 Å². The predicted octanol–water partition coefficient (Wildman–Crippen LogP) is 0.177. The number of rotatable bonds is 4. The van der Waals surface area contributed by atoms with Crippen molar-refractivity contribution in [3.63, 3.8) is 0 Å². The van der Waals surface area contributed by atoms with E-state index in [2.05, 4.69) is 20.1 Å². The van der Waals surface area contributed by atoms with Crippen LogP contribution in [0.2, 0.25) is 0 Å². The molecule has 0 bridgehead atoms. The Morgan fingerprint density at radius 1 is 1.50 bits per heavy atom. The molecule has 0 fully saturated rings. The number of hydrogen-bond donors (Lipinski definition) is 1. The van der Waals surface area contributed by atoms with Crippen LogP contribution in [0.4, 0.5) is 0 Å². The van der Waals surface area contributed by atoms with Crippen LogP contribution in [0.25, 0.3) is 5.95 Å². The average molecular weight is 292 g/mol. The Labute approximate surface area is 120 Å². The number of nitrogens with zero attached hydrogens (tertiary/aromatic N) is 5. The molecule has 2 N–H and O–H groups in total. The lowest BCUT2D eigenvalue weighted by atomic mass is 10.2. The van der Waals surface area contributed by atoms with Gasteiger partial charge in [-0.05, 0) is 13.8 Å². The molecule has 0 unspecified atom stereocenters. The third-order valence-corrected chi connectivity index (χ3v) is 2.56. The van der Waals surface area contributed by atoms with Gasteiger partial charge in [0.05, 0.1) is 17.9 Å². The first-order chi connectivity index (χ1) is 9.52. The zero-order valence-corrected chi connectivity index (χ0v) is 11.7. The fraction of sp³-hybridized carbons (Fsp3) is 0.273. The Bertz CT molecular complexity index is 669. The van der Waals surface area contributed by atoms with Crippen molar-refractivity contribution in [2.24, 2.45) is 5.73 Å². The second-order valence-electron chi connectivity index (χ2n) is 3.77. The van der Waals surface area contributed by atoms with Gasteiger partial charge < -0.3 is 10.5 Å². The van der Waals surface area contributed by atoms with E-state index in [-0.39, 0.29) is 16.8 Å². The van der Waals surface area contributed by atoms with E-state index in [1.165, 1.54) is 17.2 Å². The minimum absolute atomic E-state index is 0.0867. The van der Waals surface area contributed by atoms with Crippen molar-refractivity contribution in [1.82, 2.24) is 24.7 Å². The summed E-state index contributed by atoms with van der Waals surface area (Å²) in [4.78, 5) is 23.9. The maximum Gasteiger partial charge on any atom is 0.341 e. The molecule has 0 radical (unpaired) electrons. The molecule has 0 aliphatic rings. The first kappa shape index (κ1) is 14.0. The zero-order chi connectivity index (χ0) is 14.7. The minimum Gasteiger partial charge on any atom is -0.462 e. The summed E-state index contributed by atoms with van der Waals surface area (Å²) in [5.74, 6) is 0.0419. The van der Waals surface area contributed by atoms with Gasteiger partial charge in [-0.2, -0.15) is 4.68 Å². The summed E-state index contributed by atoms with van der Waals surface area (Å²) in [5.41, 5.74) is 6.22. The van der Waals surface area contributed by atoms with Crippen molar-refractivity contribution in [2.75, 3.05) is 6.61 Å². The smallest absolute Gasteiger partial charge is 0.341 e. The normalized spacial score (nSPS) is 10.3. The van der Waals surface area contributed by atoms with Crippen LogP contribution in [0.5, 0.6) is 0 Å². The molecule has 2 heterocycles. The summed E-state index contributed by atoms with van der Waals surface area (Å²) < 4.78 is 6.23. The molecular formula is C11H12N6O2S. The zero-order valence-electron chi connectivity index (χ0n) is 10.9. The molecule has 0 atom stereocenters. The van der Waals surface area contributed by atoms with E-state index in [0.29, 0.717) is 17.9 Å². The number of ether oxygens (including phenoxy) is 1. The van der Waals surface area contributed by atoms with Gasteiger partial charge >= 0.3 is 5.97 Å². The van der Waals surface area contributed by atoms with Crippen LogP contribution in [0, 0.1) is 6.92 Å². The van der Waals surface area contributed by atoms with Gasteiger partial charge in [-0.1, -0.05) is 12.2 Å². The number of carbonyl (C=O) groups is 1. The van der Waals surface area contributed by atoms with Crippen LogP contribution in [0.3, 0.4) is 0 Å². The summed E-state index contributed by atoms with van der Waals surface area (Å²) in [6, 6.07) is 0. The fourth-order valence-corrected chi connectivity index (χ4v) is 1.54. The van der Waals surface area contributed by atoms with Crippen molar-refractivity contribution >= 4 is 23.2 Å². The molecule has 2 aromatic heterocycles. The summed E-state index contributed by atoms with van der Waals surface area (Å²) in [6.45, 7) is 3.71. The number of hydrogen-bond acceptors (Lipinski definition) is 7. The standard InChI is InChI=1S/C11H12N6O2S/c1-3-19-10(18)7-4-13-11(15-6(7)2)17-5-14-9(16-17)8(12)20/h4-5H,3H2,1-2H3,(H2,12,20). The number of esters is 1. The van der Waals surface area contributed by atoms with E-state index < -0.39 is 5.97 Å². The highest BCUT2D eigenvalue weighted by molar-refractivity contribution is 7.80. The molecule has 8 nitrogen and oxygen atoms in total. The van der Waals surface area contributed by atoms with Crippen molar-refractivity contribution < 1.29 is 9.53 Å². The number of aryl methyl sites for hydroxylation is 1. The monoisotopic (exact) mass is 292 g/mol. The molecule has 20 heavy (non-hydrogen) atoms. The van der Waals surface area contributed by atoms with Crippen LogP contribution in [-0.2, 0) is 4.74 Å². The second-order valence-corrected chi connectivity index (χ2v) is 4.21. The van der Waals surface area contributed by atoms with Gasteiger partial charge in [0.15, 0.2) is 0 Å². The van der Waals surface area contributed by atoms with Gasteiger partial charge in [0.1, 0.15) is 11.3 Å². The quantitative estimate of drug-likeness (QED) is 0.627. The van der Waals surface area contributed by atoms with Crippen LogP contribution >= 0.6 is 12.2 Å². The molecule has 0 aliphatic carbocycles. The Balaban J connectivity index is 2.32. The van der Waals surface area contributed by atoms with E-state index >= 15 is 0 Å². The number of nitrogens with two attached hydrogens (primary N) is 1. The first-order valence-electron chi connectivity index (χ1n) is 5.75. The molecule has 0 saturated carbocycles. The molecule has 0 amide bonds. The van der Waals surface area contributed by atoms with E-state index in [1.54, 1.807) is 13.8 Å². The van der Waals surface area contributed by atoms with Crippen LogP contribution in [0.1, 0.15) is 28.8 Å². The molecule has 0 aliphatic heterocycles. The summed E-state index contributed by atoms with van der Waals surface area (Å²) in [5, 5.41) is 4.03. The molecule has 0 aromatic carbocycles. The van der Waals surface area contributed by atoms with E-state index in [1.807, 2.05) is 0 Å². The minimum atomic E-state index is -0.459. The molecular weight excluding hydrogens is 280 g/mol. The first-order valence-corrected chi connectivity index (χ1v) is 6.16. The lowest BCUT2D eigenvalue weighted by Gasteiger charge is -2.05. The van der Waals surface area contributed by atoms with Crippen molar-refractivity contribution in [3.8, 4) is 5.95 Å². The van der Waals surface area contributed by atoms with Gasteiger partial charge in [0, 0.05) is 6.20 Å². The number of carbonyl (C=O) groups excluding carboxylic acids is 1. The summed E-state index contributed by atoms with van der Waals surface area (Å²) in [6.07, 6.45) is 2.78. The van der Waals surface area contributed by atoms with Gasteiger partial charge in [-0.15, -0.1) is 5.10 Å². The molecule has 0 saturated heterocycles. The SMILES string of the molecule is CCOC(=O)c1cnc(-n2cnc(C(N)=S)n2)nc1C. The molecule has 2 aromatic rings. The Kier molecular flexibility index (Phi) is 3.99. The van der Waals surface area contributed by atoms with Crippen LogP contribution in [-0.4, -0.2) is 42.3 Å². The van der Waals surface area contributed by atoms with Gasteiger partial charge in [0.2, 0.25) is 5.82 Å². The molecule has 104 valence electrons. The number of aromatic nitrogens is 5. The fourth-order valence-electron chi connectivity index (χ4n) is 1.45. The second kappa shape index (κ2) is 5.70. The molecule has 9 heteroatoms. The van der Waals surface area contributed by atoms with Crippen molar-refractivity contribution in [1.29, 1.82) is 0 Å². The van der Waals surface area contributed by atoms with Crippen LogP contribution in [0.15, 0.2) is 12.5 Å². The lowest BCUT2D eigenvalue weighted by molar-refractivity contribution is 0.0524. The largest absolute Gasteiger partial charge is 0.462 e. The lowest BCUT2D eigenvalue weighted by Crippen LogP contribution is -2.13. The highest BCUT2D eigenvalue weighted by Gasteiger charge is 2.14. The topological polar surface area (TPSA) is 109 Å². The Hall–Kier alpha value is -2.42. The Morgan fingerprint density at radius 3 is 2.80 bits per heavy atom. The highest BCUT2D eigenvalue weighted by Crippen LogP contribution is 2.08. The predicted molar refractivity (Wildman–Crippen MR) is 73.5 cm³/mol. The average Bonchev–Trinajstić information content (AvgIpc) is 2.88. The van der Waals surface area contributed by atoms with E-state index in [9.17, 15) is 4.79 Å². The van der Waals surface area contributed by atoms with Gasteiger partial charge in [0.25, 0.3) is 5.95 Å².